The fraction of sp³-hybridized carbons (Fsp3) is 0.900. The third-order valence-electron chi connectivity index (χ3n) is 3.27. The Balaban J connectivity index is 1.66. The Morgan fingerprint density at radius 3 is 3.06 bits per heavy atom. The quantitative estimate of drug-likeness (QED) is 0.767. The summed E-state index contributed by atoms with van der Waals surface area (Å²) in [5.41, 5.74) is 0. The molecule has 1 aliphatic carbocycles. The fourth-order valence-corrected chi connectivity index (χ4v) is 2.27. The minimum atomic E-state index is 0.569. The number of nitrogens with zero attached hydrogens (tertiary/aromatic N) is 5. The molecule has 0 unspecified atom stereocenters. The van der Waals surface area contributed by atoms with Crippen LogP contribution in [-0.2, 0) is 6.54 Å². The van der Waals surface area contributed by atoms with Crippen molar-refractivity contribution in [2.24, 2.45) is 0 Å². The molecule has 2 heterocycles. The summed E-state index contributed by atoms with van der Waals surface area (Å²) in [6, 6.07) is 1.14. The van der Waals surface area contributed by atoms with Crippen LogP contribution in [0.15, 0.2) is 0 Å². The third kappa shape index (κ3) is 2.08. The number of piperazine rings is 1. The zero-order valence-electron chi connectivity index (χ0n) is 9.63. The molecule has 6 nitrogen and oxygen atoms in total. The van der Waals surface area contributed by atoms with E-state index in [1.54, 1.807) is 0 Å². The van der Waals surface area contributed by atoms with Gasteiger partial charge in [-0.1, -0.05) is 0 Å². The summed E-state index contributed by atoms with van der Waals surface area (Å²) in [6.45, 7) is 6.33. The molecule has 0 radical (unpaired) electrons. The highest BCUT2D eigenvalue weighted by atomic mass is 15.6. The number of tetrazole rings is 1. The van der Waals surface area contributed by atoms with Gasteiger partial charge in [-0.2, -0.15) is 0 Å². The highest BCUT2D eigenvalue weighted by Crippen LogP contribution is 2.34. The van der Waals surface area contributed by atoms with Crippen LogP contribution in [0.25, 0.3) is 0 Å². The average Bonchev–Trinajstić information content (AvgIpc) is 3.00. The van der Waals surface area contributed by atoms with E-state index in [0.29, 0.717) is 12.1 Å². The molecule has 1 N–H and O–H groups in total. The van der Waals surface area contributed by atoms with E-state index in [1.165, 1.54) is 12.8 Å². The highest BCUT2D eigenvalue weighted by Gasteiger charge is 2.28. The maximum absolute atomic E-state index is 4.14. The molecule has 16 heavy (non-hydrogen) atoms. The zero-order chi connectivity index (χ0) is 11.0. The first kappa shape index (κ1) is 10.2. The molecule has 6 heteroatoms. The highest BCUT2D eigenvalue weighted by molar-refractivity contribution is 4.91. The Labute approximate surface area is 95.0 Å². The Hall–Kier alpha value is -1.01. The number of hydrogen-bond donors (Lipinski definition) is 1. The molecule has 2 fully saturated rings. The van der Waals surface area contributed by atoms with Gasteiger partial charge in [-0.25, -0.2) is 4.68 Å². The molecule has 2 aliphatic rings. The lowest BCUT2D eigenvalue weighted by Crippen LogP contribution is -2.48. The van der Waals surface area contributed by atoms with Gasteiger partial charge in [-0.15, -0.1) is 5.10 Å². The largest absolute Gasteiger partial charge is 0.312 e. The van der Waals surface area contributed by atoms with Gasteiger partial charge in [0.1, 0.15) is 0 Å². The first-order chi connectivity index (χ1) is 7.83. The van der Waals surface area contributed by atoms with Gasteiger partial charge in [0.2, 0.25) is 0 Å². The second-order valence-electron chi connectivity index (χ2n) is 4.86. The third-order valence-corrected chi connectivity index (χ3v) is 3.27. The summed E-state index contributed by atoms with van der Waals surface area (Å²) in [5, 5.41) is 15.4. The first-order valence-electron chi connectivity index (χ1n) is 6.05. The van der Waals surface area contributed by atoms with E-state index >= 15 is 0 Å². The van der Waals surface area contributed by atoms with Crippen molar-refractivity contribution in [2.45, 2.75) is 38.4 Å². The molecule has 88 valence electrons. The van der Waals surface area contributed by atoms with Crippen LogP contribution >= 0.6 is 0 Å². The molecule has 0 amide bonds. The van der Waals surface area contributed by atoms with Crippen molar-refractivity contribution >= 4 is 0 Å². The lowest BCUT2D eigenvalue weighted by atomic mass is 10.2. The lowest BCUT2D eigenvalue weighted by molar-refractivity contribution is 0.192. The van der Waals surface area contributed by atoms with E-state index in [9.17, 15) is 0 Å². The van der Waals surface area contributed by atoms with Crippen molar-refractivity contribution in [2.75, 3.05) is 19.6 Å². The summed E-state index contributed by atoms with van der Waals surface area (Å²) in [5.74, 6) is 1.02. The van der Waals surface area contributed by atoms with Gasteiger partial charge < -0.3 is 5.32 Å². The van der Waals surface area contributed by atoms with Crippen molar-refractivity contribution in [1.82, 2.24) is 30.4 Å². The average molecular weight is 222 g/mol. The minimum Gasteiger partial charge on any atom is -0.312 e. The van der Waals surface area contributed by atoms with Crippen molar-refractivity contribution in [1.29, 1.82) is 0 Å². The van der Waals surface area contributed by atoms with Crippen molar-refractivity contribution in [3.8, 4) is 0 Å². The monoisotopic (exact) mass is 222 g/mol. The van der Waals surface area contributed by atoms with E-state index < -0.39 is 0 Å². The summed E-state index contributed by atoms with van der Waals surface area (Å²) < 4.78 is 2.01. The Bertz CT molecular complexity index is 358. The van der Waals surface area contributed by atoms with E-state index in [2.05, 4.69) is 32.7 Å². The number of aromatic nitrogens is 4. The standard InChI is InChI=1S/C10H18N6/c1-8-6-15(5-4-11-8)7-10-12-13-14-16(10)9-2-3-9/h8-9,11H,2-7H2,1H3/t8-/m0/s1. The predicted molar refractivity (Wildman–Crippen MR) is 58.8 cm³/mol. The molecule has 0 bridgehead atoms. The van der Waals surface area contributed by atoms with Crippen LogP contribution in [0, 0.1) is 0 Å². The summed E-state index contributed by atoms with van der Waals surface area (Å²) in [6.07, 6.45) is 2.46. The van der Waals surface area contributed by atoms with Crippen LogP contribution in [0.5, 0.6) is 0 Å². The molecule has 1 aromatic rings. The molecule has 0 spiro atoms. The predicted octanol–water partition coefficient (Wildman–Crippen LogP) is -0.198. The maximum Gasteiger partial charge on any atom is 0.165 e. The van der Waals surface area contributed by atoms with E-state index in [-0.39, 0.29) is 0 Å². The van der Waals surface area contributed by atoms with Crippen molar-refractivity contribution in [3.63, 3.8) is 0 Å². The van der Waals surface area contributed by atoms with Gasteiger partial charge >= 0.3 is 0 Å². The van der Waals surface area contributed by atoms with Gasteiger partial charge in [-0.3, -0.25) is 4.90 Å². The van der Waals surface area contributed by atoms with Gasteiger partial charge in [0.25, 0.3) is 0 Å². The SMILES string of the molecule is C[C@H]1CN(Cc2nnnn2C2CC2)CCN1. The van der Waals surface area contributed by atoms with Crippen LogP contribution in [0.3, 0.4) is 0 Å². The number of nitrogens with one attached hydrogen (secondary N) is 1. The van der Waals surface area contributed by atoms with E-state index in [1.807, 2.05) is 4.68 Å². The Morgan fingerprint density at radius 1 is 1.44 bits per heavy atom. The van der Waals surface area contributed by atoms with Crippen LogP contribution in [0.1, 0.15) is 31.6 Å². The summed E-state index contributed by atoms with van der Waals surface area (Å²) in [4.78, 5) is 2.42. The van der Waals surface area contributed by atoms with Crippen LogP contribution in [-0.4, -0.2) is 50.8 Å². The molecule has 1 atom stereocenters. The second kappa shape index (κ2) is 4.10. The Morgan fingerprint density at radius 2 is 2.31 bits per heavy atom. The normalized spacial score (nSPS) is 27.2. The summed E-state index contributed by atoms with van der Waals surface area (Å²) in [7, 11) is 0. The zero-order valence-corrected chi connectivity index (χ0v) is 9.63. The smallest absolute Gasteiger partial charge is 0.165 e. The van der Waals surface area contributed by atoms with Gasteiger partial charge in [0, 0.05) is 25.7 Å². The first-order valence-corrected chi connectivity index (χ1v) is 6.05. The van der Waals surface area contributed by atoms with Crippen LogP contribution in [0.4, 0.5) is 0 Å². The molecular weight excluding hydrogens is 204 g/mol. The molecular formula is C10H18N6. The second-order valence-corrected chi connectivity index (χ2v) is 4.86. The van der Waals surface area contributed by atoms with Crippen LogP contribution in [0.2, 0.25) is 0 Å². The minimum absolute atomic E-state index is 0.569. The maximum atomic E-state index is 4.14. The van der Waals surface area contributed by atoms with E-state index in [0.717, 1.165) is 32.0 Å². The molecule has 1 saturated carbocycles. The number of rotatable bonds is 3. The van der Waals surface area contributed by atoms with E-state index in [4.69, 9.17) is 0 Å². The summed E-state index contributed by atoms with van der Waals surface area (Å²) >= 11 is 0. The molecule has 1 aliphatic heterocycles. The Kier molecular flexibility index (Phi) is 2.61. The molecule has 0 aromatic carbocycles. The van der Waals surface area contributed by atoms with Gasteiger partial charge in [0.05, 0.1) is 12.6 Å². The van der Waals surface area contributed by atoms with Crippen LogP contribution < -0.4 is 5.32 Å². The molecule has 1 aromatic heterocycles. The van der Waals surface area contributed by atoms with Gasteiger partial charge in [0.15, 0.2) is 5.82 Å². The van der Waals surface area contributed by atoms with Crippen molar-refractivity contribution < 1.29 is 0 Å². The fourth-order valence-electron chi connectivity index (χ4n) is 2.27. The van der Waals surface area contributed by atoms with Gasteiger partial charge in [-0.05, 0) is 30.2 Å². The lowest BCUT2D eigenvalue weighted by Gasteiger charge is -2.31. The number of hydrogen-bond acceptors (Lipinski definition) is 5. The van der Waals surface area contributed by atoms with Crippen molar-refractivity contribution in [3.05, 3.63) is 5.82 Å². The molecule has 1 saturated heterocycles. The molecule has 3 rings (SSSR count). The topological polar surface area (TPSA) is 58.9 Å².